The van der Waals surface area contributed by atoms with Gasteiger partial charge in [0.2, 0.25) is 5.56 Å². The molecule has 0 saturated heterocycles. The van der Waals surface area contributed by atoms with Crippen LogP contribution in [0.2, 0.25) is 10.0 Å². The van der Waals surface area contributed by atoms with E-state index in [0.717, 1.165) is 0 Å². The predicted molar refractivity (Wildman–Crippen MR) is 76.1 cm³/mol. The van der Waals surface area contributed by atoms with E-state index in [2.05, 4.69) is 5.32 Å². The Balaban J connectivity index is 2.25. The van der Waals surface area contributed by atoms with Crippen molar-refractivity contribution in [2.24, 2.45) is 7.05 Å². The Morgan fingerprint density at radius 1 is 1.21 bits per heavy atom. The maximum Gasteiger partial charge on any atom is 0.257 e. The minimum absolute atomic E-state index is 0.150. The molecule has 1 aromatic heterocycles. The van der Waals surface area contributed by atoms with Crippen molar-refractivity contribution in [1.29, 1.82) is 0 Å². The molecular formula is C13H10Cl2N2O2. The van der Waals surface area contributed by atoms with Gasteiger partial charge in [-0.2, -0.15) is 0 Å². The van der Waals surface area contributed by atoms with E-state index in [9.17, 15) is 9.59 Å². The SMILES string of the molecule is Cn1cc(NC(=O)c2ccc(Cl)cc2Cl)ccc1=O. The average molecular weight is 297 g/mol. The lowest BCUT2D eigenvalue weighted by atomic mass is 10.2. The number of amides is 1. The van der Waals surface area contributed by atoms with Crippen molar-refractivity contribution in [1.82, 2.24) is 4.57 Å². The fraction of sp³-hybridized carbons (Fsp3) is 0.0769. The second-order valence-corrected chi connectivity index (χ2v) is 4.79. The first kappa shape index (κ1) is 13.6. The minimum Gasteiger partial charge on any atom is -0.321 e. The standard InChI is InChI=1S/C13H10Cl2N2O2/c1-17-7-9(3-5-12(17)18)16-13(19)10-4-2-8(14)6-11(10)15/h2-7H,1H3,(H,16,19). The summed E-state index contributed by atoms with van der Waals surface area (Å²) < 4.78 is 1.37. The molecular weight excluding hydrogens is 287 g/mol. The molecule has 1 aromatic carbocycles. The maximum atomic E-state index is 12.0. The molecule has 0 atom stereocenters. The van der Waals surface area contributed by atoms with Gasteiger partial charge < -0.3 is 9.88 Å². The molecule has 1 heterocycles. The summed E-state index contributed by atoms with van der Waals surface area (Å²) in [7, 11) is 1.60. The van der Waals surface area contributed by atoms with E-state index >= 15 is 0 Å². The van der Waals surface area contributed by atoms with E-state index in [4.69, 9.17) is 23.2 Å². The molecule has 0 bridgehead atoms. The molecule has 19 heavy (non-hydrogen) atoms. The molecule has 0 aliphatic heterocycles. The second kappa shape index (κ2) is 5.47. The minimum atomic E-state index is -0.361. The van der Waals surface area contributed by atoms with Crippen LogP contribution in [0.1, 0.15) is 10.4 Å². The van der Waals surface area contributed by atoms with Gasteiger partial charge in [-0.15, -0.1) is 0 Å². The summed E-state index contributed by atoms with van der Waals surface area (Å²) in [5, 5.41) is 3.40. The van der Waals surface area contributed by atoms with Crippen LogP contribution in [0.4, 0.5) is 5.69 Å². The normalized spacial score (nSPS) is 10.3. The lowest BCUT2D eigenvalue weighted by Crippen LogP contribution is -2.18. The van der Waals surface area contributed by atoms with Crippen molar-refractivity contribution < 1.29 is 4.79 Å². The van der Waals surface area contributed by atoms with Gasteiger partial charge in [-0.3, -0.25) is 9.59 Å². The van der Waals surface area contributed by atoms with Gasteiger partial charge in [0.1, 0.15) is 0 Å². The number of aromatic nitrogens is 1. The molecule has 1 amide bonds. The Bertz CT molecular complexity index is 695. The summed E-state index contributed by atoms with van der Waals surface area (Å²) in [6, 6.07) is 7.53. The van der Waals surface area contributed by atoms with Crippen LogP contribution in [0, 0.1) is 0 Å². The zero-order valence-corrected chi connectivity index (χ0v) is 11.5. The largest absolute Gasteiger partial charge is 0.321 e. The van der Waals surface area contributed by atoms with Gasteiger partial charge in [-0.05, 0) is 24.3 Å². The predicted octanol–water partition coefficient (Wildman–Crippen LogP) is 2.94. The smallest absolute Gasteiger partial charge is 0.257 e. The van der Waals surface area contributed by atoms with Crippen LogP contribution in [0.25, 0.3) is 0 Å². The van der Waals surface area contributed by atoms with Crippen molar-refractivity contribution in [3.63, 3.8) is 0 Å². The molecule has 0 unspecified atom stereocenters. The van der Waals surface area contributed by atoms with Crippen LogP contribution in [-0.4, -0.2) is 10.5 Å². The molecule has 2 rings (SSSR count). The zero-order valence-electron chi connectivity index (χ0n) is 9.98. The quantitative estimate of drug-likeness (QED) is 0.926. The summed E-state index contributed by atoms with van der Waals surface area (Å²) in [6.07, 6.45) is 1.53. The fourth-order valence-corrected chi connectivity index (χ4v) is 2.03. The van der Waals surface area contributed by atoms with Gasteiger partial charge in [0.25, 0.3) is 5.91 Å². The first-order valence-electron chi connectivity index (χ1n) is 5.40. The van der Waals surface area contributed by atoms with Crippen LogP contribution < -0.4 is 10.9 Å². The highest BCUT2D eigenvalue weighted by Gasteiger charge is 2.11. The van der Waals surface area contributed by atoms with Crippen molar-refractivity contribution >= 4 is 34.8 Å². The van der Waals surface area contributed by atoms with Crippen molar-refractivity contribution in [2.75, 3.05) is 5.32 Å². The highest BCUT2D eigenvalue weighted by Crippen LogP contribution is 2.21. The highest BCUT2D eigenvalue weighted by molar-refractivity contribution is 6.37. The number of halogens is 2. The van der Waals surface area contributed by atoms with Crippen LogP contribution >= 0.6 is 23.2 Å². The van der Waals surface area contributed by atoms with Crippen molar-refractivity contribution in [3.05, 3.63) is 62.5 Å². The fourth-order valence-electron chi connectivity index (χ4n) is 1.54. The molecule has 0 radical (unpaired) electrons. The average Bonchev–Trinajstić information content (AvgIpc) is 2.33. The molecule has 0 saturated carbocycles. The van der Waals surface area contributed by atoms with E-state index in [0.29, 0.717) is 16.3 Å². The lowest BCUT2D eigenvalue weighted by Gasteiger charge is -2.08. The number of carbonyl (C=O) groups is 1. The maximum absolute atomic E-state index is 12.0. The summed E-state index contributed by atoms with van der Waals surface area (Å²) in [4.78, 5) is 23.2. The number of pyridine rings is 1. The topological polar surface area (TPSA) is 51.1 Å². The van der Waals surface area contributed by atoms with E-state index < -0.39 is 0 Å². The summed E-state index contributed by atoms with van der Waals surface area (Å²) in [6.45, 7) is 0. The molecule has 0 spiro atoms. The molecule has 6 heteroatoms. The van der Waals surface area contributed by atoms with Crippen molar-refractivity contribution in [3.8, 4) is 0 Å². The lowest BCUT2D eigenvalue weighted by molar-refractivity contribution is 0.102. The monoisotopic (exact) mass is 296 g/mol. The number of benzene rings is 1. The first-order chi connectivity index (χ1) is 8.97. The first-order valence-corrected chi connectivity index (χ1v) is 6.16. The van der Waals surface area contributed by atoms with E-state index in [1.165, 1.54) is 29.0 Å². The summed E-state index contributed by atoms with van der Waals surface area (Å²) in [5.74, 6) is -0.361. The van der Waals surface area contributed by atoms with Gasteiger partial charge >= 0.3 is 0 Å². The molecule has 0 fully saturated rings. The molecule has 98 valence electrons. The third kappa shape index (κ3) is 3.16. The van der Waals surface area contributed by atoms with Gasteiger partial charge in [0.15, 0.2) is 0 Å². The zero-order chi connectivity index (χ0) is 14.0. The number of rotatable bonds is 2. The molecule has 0 aliphatic rings. The van der Waals surface area contributed by atoms with Crippen LogP contribution in [-0.2, 0) is 7.05 Å². The second-order valence-electron chi connectivity index (χ2n) is 3.95. The van der Waals surface area contributed by atoms with E-state index in [-0.39, 0.29) is 16.5 Å². The summed E-state index contributed by atoms with van der Waals surface area (Å²) in [5.41, 5.74) is 0.681. The number of anilines is 1. The highest BCUT2D eigenvalue weighted by atomic mass is 35.5. The number of hydrogen-bond donors (Lipinski definition) is 1. The number of aryl methyl sites for hydroxylation is 1. The van der Waals surface area contributed by atoms with E-state index in [1.807, 2.05) is 0 Å². The summed E-state index contributed by atoms with van der Waals surface area (Å²) >= 11 is 11.7. The van der Waals surface area contributed by atoms with Crippen LogP contribution in [0.15, 0.2) is 41.3 Å². The number of nitrogens with zero attached hydrogens (tertiary/aromatic N) is 1. The van der Waals surface area contributed by atoms with Gasteiger partial charge in [-0.1, -0.05) is 23.2 Å². The molecule has 4 nitrogen and oxygen atoms in total. The molecule has 2 aromatic rings. The van der Waals surface area contributed by atoms with Gasteiger partial charge in [-0.25, -0.2) is 0 Å². The number of hydrogen-bond acceptors (Lipinski definition) is 2. The van der Waals surface area contributed by atoms with Crippen LogP contribution in [0.5, 0.6) is 0 Å². The Labute approximate surface area is 119 Å². The number of nitrogens with one attached hydrogen (secondary N) is 1. The van der Waals surface area contributed by atoms with E-state index in [1.54, 1.807) is 19.2 Å². The third-order valence-corrected chi connectivity index (χ3v) is 3.07. The van der Waals surface area contributed by atoms with Gasteiger partial charge in [0, 0.05) is 24.3 Å². The third-order valence-electron chi connectivity index (χ3n) is 2.52. The Morgan fingerprint density at radius 2 is 1.95 bits per heavy atom. The molecule has 0 aliphatic carbocycles. The van der Waals surface area contributed by atoms with Crippen molar-refractivity contribution in [2.45, 2.75) is 0 Å². The van der Waals surface area contributed by atoms with Crippen LogP contribution in [0.3, 0.4) is 0 Å². The Hall–Kier alpha value is -1.78. The molecule has 1 N–H and O–H groups in total. The Kier molecular flexibility index (Phi) is 3.93. The Morgan fingerprint density at radius 3 is 2.58 bits per heavy atom. The van der Waals surface area contributed by atoms with Gasteiger partial charge in [0.05, 0.1) is 16.3 Å². The number of carbonyl (C=O) groups excluding carboxylic acids is 1.